The molecule has 1 aromatic heterocycles. The molecule has 0 spiro atoms. The first-order valence-corrected chi connectivity index (χ1v) is 7.85. The highest BCUT2D eigenvalue weighted by atomic mass is 15.1. The van der Waals surface area contributed by atoms with Crippen molar-refractivity contribution in [1.82, 2.24) is 9.47 Å². The van der Waals surface area contributed by atoms with Gasteiger partial charge in [0.15, 0.2) is 0 Å². The molecule has 106 valence electrons. The summed E-state index contributed by atoms with van der Waals surface area (Å²) in [6.07, 6.45) is 12.5. The number of hydrogen-bond acceptors (Lipinski definition) is 2. The summed E-state index contributed by atoms with van der Waals surface area (Å²) >= 11 is 0. The zero-order valence-electron chi connectivity index (χ0n) is 12.1. The first-order valence-electron chi connectivity index (χ1n) is 7.85. The molecule has 2 unspecified atom stereocenters. The van der Waals surface area contributed by atoms with Gasteiger partial charge in [0, 0.05) is 31.0 Å². The quantitative estimate of drug-likeness (QED) is 0.884. The fraction of sp³-hybridized carbons (Fsp3) is 0.750. The van der Waals surface area contributed by atoms with Crippen LogP contribution in [-0.4, -0.2) is 29.1 Å². The van der Waals surface area contributed by atoms with E-state index in [1.165, 1.54) is 50.6 Å². The third-order valence-electron chi connectivity index (χ3n) is 4.93. The first kappa shape index (κ1) is 13.2. The molecule has 3 heteroatoms. The Hall–Kier alpha value is -0.800. The van der Waals surface area contributed by atoms with Crippen LogP contribution in [0, 0.1) is 5.92 Å². The molecule has 2 atom stereocenters. The average molecular weight is 261 g/mol. The minimum Gasteiger partial charge on any atom is -0.354 e. The fourth-order valence-corrected chi connectivity index (χ4v) is 3.33. The van der Waals surface area contributed by atoms with Gasteiger partial charge in [-0.3, -0.25) is 0 Å². The van der Waals surface area contributed by atoms with Crippen molar-refractivity contribution in [3.8, 4) is 0 Å². The lowest BCUT2D eigenvalue weighted by Crippen LogP contribution is -2.36. The van der Waals surface area contributed by atoms with E-state index in [1.807, 2.05) is 0 Å². The lowest BCUT2D eigenvalue weighted by Gasteiger charge is -2.32. The molecule has 1 aromatic rings. The Balaban J connectivity index is 1.52. The van der Waals surface area contributed by atoms with Gasteiger partial charge in [0.05, 0.1) is 0 Å². The summed E-state index contributed by atoms with van der Waals surface area (Å²) in [5, 5.41) is 0. The molecule has 0 amide bonds. The maximum absolute atomic E-state index is 6.25. The van der Waals surface area contributed by atoms with Crippen molar-refractivity contribution in [1.29, 1.82) is 0 Å². The lowest BCUT2D eigenvalue weighted by atomic mass is 10.0. The normalized spacial score (nSPS) is 26.5. The van der Waals surface area contributed by atoms with Crippen LogP contribution in [-0.2, 0) is 6.54 Å². The highest BCUT2D eigenvalue weighted by Crippen LogP contribution is 2.39. The molecule has 2 N–H and O–H groups in total. The molecule has 0 aromatic carbocycles. The molecule has 2 heterocycles. The number of piperidine rings is 1. The van der Waals surface area contributed by atoms with Gasteiger partial charge in [-0.1, -0.05) is 6.42 Å². The topological polar surface area (TPSA) is 34.2 Å². The van der Waals surface area contributed by atoms with Crippen LogP contribution in [0.5, 0.6) is 0 Å². The van der Waals surface area contributed by atoms with Crippen molar-refractivity contribution >= 4 is 0 Å². The Labute approximate surface area is 116 Å². The lowest BCUT2D eigenvalue weighted by molar-refractivity contribution is 0.171. The largest absolute Gasteiger partial charge is 0.354 e. The van der Waals surface area contributed by atoms with Crippen molar-refractivity contribution in [3.05, 3.63) is 24.0 Å². The van der Waals surface area contributed by atoms with Crippen molar-refractivity contribution in [2.75, 3.05) is 13.6 Å². The number of likely N-dealkylation sites (tertiary alicyclic amines) is 1. The van der Waals surface area contributed by atoms with Gasteiger partial charge < -0.3 is 15.2 Å². The Bertz CT molecular complexity index is 408. The number of aryl methyl sites for hydroxylation is 1. The van der Waals surface area contributed by atoms with E-state index in [0.717, 1.165) is 18.5 Å². The maximum Gasteiger partial charge on any atom is 0.0338 e. The second-order valence-corrected chi connectivity index (χ2v) is 6.46. The predicted octanol–water partition coefficient (Wildman–Crippen LogP) is 2.77. The van der Waals surface area contributed by atoms with Gasteiger partial charge in [-0.15, -0.1) is 0 Å². The molecule has 2 fully saturated rings. The molecule has 1 saturated carbocycles. The van der Waals surface area contributed by atoms with Crippen LogP contribution in [0.3, 0.4) is 0 Å². The van der Waals surface area contributed by atoms with Crippen LogP contribution >= 0.6 is 0 Å². The van der Waals surface area contributed by atoms with Gasteiger partial charge in [0.2, 0.25) is 0 Å². The summed E-state index contributed by atoms with van der Waals surface area (Å²) in [6.45, 7) is 2.40. The summed E-state index contributed by atoms with van der Waals surface area (Å²) in [6, 6.07) is 3.27. The summed E-state index contributed by atoms with van der Waals surface area (Å²) in [7, 11) is 2.27. The summed E-state index contributed by atoms with van der Waals surface area (Å²) in [4.78, 5) is 2.53. The van der Waals surface area contributed by atoms with Crippen molar-refractivity contribution < 1.29 is 0 Å². The Morgan fingerprint density at radius 2 is 2.16 bits per heavy atom. The second-order valence-electron chi connectivity index (χ2n) is 6.46. The van der Waals surface area contributed by atoms with Gasteiger partial charge in [-0.05, 0) is 63.2 Å². The van der Waals surface area contributed by atoms with Gasteiger partial charge in [0.25, 0.3) is 0 Å². The SMILES string of the molecule is CN1CCCCC1CCn1ccc(C(N)C2CC2)c1. The number of nitrogens with zero attached hydrogens (tertiary/aromatic N) is 2. The third-order valence-corrected chi connectivity index (χ3v) is 4.93. The fourth-order valence-electron chi connectivity index (χ4n) is 3.33. The Morgan fingerprint density at radius 1 is 1.32 bits per heavy atom. The van der Waals surface area contributed by atoms with E-state index in [0.29, 0.717) is 0 Å². The number of hydrogen-bond donors (Lipinski definition) is 1. The van der Waals surface area contributed by atoms with Crippen LogP contribution in [0.25, 0.3) is 0 Å². The van der Waals surface area contributed by atoms with E-state index in [4.69, 9.17) is 5.73 Å². The molecular formula is C16H27N3. The van der Waals surface area contributed by atoms with Gasteiger partial charge in [-0.25, -0.2) is 0 Å². The van der Waals surface area contributed by atoms with Crippen LogP contribution in [0.15, 0.2) is 18.5 Å². The zero-order valence-corrected chi connectivity index (χ0v) is 12.1. The molecule has 0 bridgehead atoms. The van der Waals surface area contributed by atoms with Crippen molar-refractivity contribution in [3.63, 3.8) is 0 Å². The third kappa shape index (κ3) is 3.21. The number of nitrogens with two attached hydrogens (primary N) is 1. The highest BCUT2D eigenvalue weighted by molar-refractivity contribution is 5.17. The smallest absolute Gasteiger partial charge is 0.0338 e. The van der Waals surface area contributed by atoms with E-state index < -0.39 is 0 Å². The van der Waals surface area contributed by atoms with Gasteiger partial charge in [-0.2, -0.15) is 0 Å². The molecule has 2 aliphatic rings. The minimum atomic E-state index is 0.276. The molecule has 3 nitrogen and oxygen atoms in total. The van der Waals surface area contributed by atoms with E-state index in [2.05, 4.69) is 35.0 Å². The van der Waals surface area contributed by atoms with E-state index >= 15 is 0 Å². The van der Waals surface area contributed by atoms with E-state index in [-0.39, 0.29) is 6.04 Å². The predicted molar refractivity (Wildman–Crippen MR) is 79.0 cm³/mol. The summed E-state index contributed by atoms with van der Waals surface area (Å²) in [5.74, 6) is 0.750. The number of rotatable bonds is 5. The molecule has 0 radical (unpaired) electrons. The molecule has 1 aliphatic heterocycles. The maximum atomic E-state index is 6.25. The number of aromatic nitrogens is 1. The monoisotopic (exact) mass is 261 g/mol. The molecular weight excluding hydrogens is 234 g/mol. The average Bonchev–Trinajstić information content (AvgIpc) is 3.16. The van der Waals surface area contributed by atoms with Crippen LogP contribution < -0.4 is 5.73 Å². The van der Waals surface area contributed by atoms with Gasteiger partial charge >= 0.3 is 0 Å². The Kier molecular flexibility index (Phi) is 3.94. The summed E-state index contributed by atoms with van der Waals surface area (Å²) < 4.78 is 2.33. The molecule has 3 rings (SSSR count). The summed E-state index contributed by atoms with van der Waals surface area (Å²) in [5.41, 5.74) is 7.59. The molecule has 1 saturated heterocycles. The molecule has 19 heavy (non-hydrogen) atoms. The highest BCUT2D eigenvalue weighted by Gasteiger charge is 2.29. The first-order chi connectivity index (χ1) is 9.24. The van der Waals surface area contributed by atoms with Crippen LogP contribution in [0.1, 0.15) is 50.1 Å². The minimum absolute atomic E-state index is 0.276. The Morgan fingerprint density at radius 3 is 2.89 bits per heavy atom. The standard InChI is InChI=1S/C16H27N3/c1-18-9-3-2-4-15(18)8-11-19-10-7-14(12-19)16(17)13-5-6-13/h7,10,12-13,15-16H,2-6,8-9,11,17H2,1H3. The second kappa shape index (κ2) is 5.68. The van der Waals surface area contributed by atoms with E-state index in [1.54, 1.807) is 0 Å². The van der Waals surface area contributed by atoms with Crippen LogP contribution in [0.2, 0.25) is 0 Å². The van der Waals surface area contributed by atoms with Gasteiger partial charge in [0.1, 0.15) is 0 Å². The van der Waals surface area contributed by atoms with Crippen molar-refractivity contribution in [2.24, 2.45) is 11.7 Å². The van der Waals surface area contributed by atoms with E-state index in [9.17, 15) is 0 Å². The van der Waals surface area contributed by atoms with Crippen LogP contribution in [0.4, 0.5) is 0 Å². The molecule has 1 aliphatic carbocycles. The van der Waals surface area contributed by atoms with Crippen molar-refractivity contribution in [2.45, 2.75) is 57.2 Å². The zero-order chi connectivity index (χ0) is 13.2.